The molecule has 2 heteroatoms. The van der Waals surface area contributed by atoms with Crippen LogP contribution < -0.4 is 4.90 Å². The molecular formula is C78H54N2. The number of benzene rings is 13. The van der Waals surface area contributed by atoms with E-state index in [4.69, 9.17) is 0 Å². The molecule has 0 amide bonds. The van der Waals surface area contributed by atoms with E-state index in [1.165, 1.54) is 77.4 Å². The molecule has 0 aliphatic heterocycles. The average Bonchev–Trinajstić information content (AvgIpc) is 4.10. The first-order chi connectivity index (χ1) is 39.6. The fraction of sp³-hybridized carbons (Fsp3) is 0. The van der Waals surface area contributed by atoms with Crippen molar-refractivity contribution < 1.29 is 0 Å². The average molecular weight is 1020 g/mol. The monoisotopic (exact) mass is 1020 g/mol. The molecule has 0 unspecified atom stereocenters. The molecule has 0 N–H and O–H groups in total. The zero-order chi connectivity index (χ0) is 53.2. The van der Waals surface area contributed by atoms with Gasteiger partial charge < -0.3 is 9.47 Å². The second-order valence-electron chi connectivity index (χ2n) is 20.5. The van der Waals surface area contributed by atoms with Gasteiger partial charge in [-0.1, -0.05) is 224 Å². The maximum atomic E-state index is 2.42. The Kier molecular flexibility index (Phi) is 12.6. The standard InChI is InChI=1S/C78H54N2/c1-7-22-55(23-8-1)60-38-42-71(43-39-60)79(73-53-67(59-30-15-5-16-31-59)50-68(54-73)66-48-62(56-24-9-2-10-25-56)46-63(49-66)57-26-11-3-12-27-57)72-44-40-61(41-45-72)65-47-64(58-28-13-4-14-29-58)51-69(52-65)74-35-21-37-77-78(74)75-34-19-20-36-76(75)80(77)70-32-17-6-18-33-70/h1-54H. The fourth-order valence-electron chi connectivity index (χ4n) is 11.6. The second kappa shape index (κ2) is 21.1. The van der Waals surface area contributed by atoms with Crippen LogP contribution in [0.15, 0.2) is 328 Å². The van der Waals surface area contributed by atoms with E-state index in [9.17, 15) is 0 Å². The van der Waals surface area contributed by atoms with Crippen LogP contribution in [0.2, 0.25) is 0 Å². The lowest BCUT2D eigenvalue weighted by Gasteiger charge is -2.27. The molecule has 14 aromatic rings. The Bertz CT molecular complexity index is 4400. The van der Waals surface area contributed by atoms with Gasteiger partial charge in [0.2, 0.25) is 0 Å². The largest absolute Gasteiger partial charge is 0.310 e. The van der Waals surface area contributed by atoms with Crippen molar-refractivity contribution in [1.82, 2.24) is 4.57 Å². The van der Waals surface area contributed by atoms with Gasteiger partial charge >= 0.3 is 0 Å². The molecule has 0 radical (unpaired) electrons. The molecule has 2 nitrogen and oxygen atoms in total. The molecule has 0 fully saturated rings. The number of hydrogen-bond acceptors (Lipinski definition) is 1. The van der Waals surface area contributed by atoms with Crippen molar-refractivity contribution in [3.8, 4) is 94.7 Å². The third-order valence-electron chi connectivity index (χ3n) is 15.5. The summed E-state index contributed by atoms with van der Waals surface area (Å²) >= 11 is 0. The lowest BCUT2D eigenvalue weighted by molar-refractivity contribution is 1.18. The van der Waals surface area contributed by atoms with Gasteiger partial charge in [-0.05, 0) is 192 Å². The molecule has 0 aliphatic rings. The first-order valence-corrected chi connectivity index (χ1v) is 27.5. The summed E-state index contributed by atoms with van der Waals surface area (Å²) in [7, 11) is 0. The molecule has 376 valence electrons. The zero-order valence-corrected chi connectivity index (χ0v) is 44.1. The van der Waals surface area contributed by atoms with Gasteiger partial charge in [0, 0.05) is 33.5 Å². The maximum absolute atomic E-state index is 2.42. The highest BCUT2D eigenvalue weighted by molar-refractivity contribution is 6.16. The quantitative estimate of drug-likeness (QED) is 0.118. The van der Waals surface area contributed by atoms with Gasteiger partial charge in [-0.25, -0.2) is 0 Å². The van der Waals surface area contributed by atoms with Crippen LogP contribution in [0.4, 0.5) is 17.1 Å². The van der Waals surface area contributed by atoms with Crippen LogP contribution in [0.25, 0.3) is 117 Å². The van der Waals surface area contributed by atoms with E-state index in [0.29, 0.717) is 0 Å². The molecular weight excluding hydrogens is 965 g/mol. The lowest BCUT2D eigenvalue weighted by atomic mass is 9.91. The van der Waals surface area contributed by atoms with E-state index in [-0.39, 0.29) is 0 Å². The smallest absolute Gasteiger partial charge is 0.0547 e. The third kappa shape index (κ3) is 9.36. The van der Waals surface area contributed by atoms with Gasteiger partial charge in [-0.2, -0.15) is 0 Å². The van der Waals surface area contributed by atoms with Crippen LogP contribution in [0.5, 0.6) is 0 Å². The molecule has 0 saturated carbocycles. The van der Waals surface area contributed by atoms with Gasteiger partial charge in [0.25, 0.3) is 0 Å². The number of hydrogen-bond donors (Lipinski definition) is 0. The Hall–Kier alpha value is -10.5. The molecule has 13 aromatic carbocycles. The summed E-state index contributed by atoms with van der Waals surface area (Å²) in [6.07, 6.45) is 0. The predicted octanol–water partition coefficient (Wildman–Crippen LogP) is 21.6. The first-order valence-electron chi connectivity index (χ1n) is 27.5. The Morgan fingerprint density at radius 2 is 0.512 bits per heavy atom. The summed E-state index contributed by atoms with van der Waals surface area (Å²) in [6, 6.07) is 119. The zero-order valence-electron chi connectivity index (χ0n) is 44.1. The number of fused-ring (bicyclic) bond motifs is 3. The summed E-state index contributed by atoms with van der Waals surface area (Å²) in [4.78, 5) is 2.42. The van der Waals surface area contributed by atoms with Crippen LogP contribution in [0.3, 0.4) is 0 Å². The van der Waals surface area contributed by atoms with Gasteiger partial charge in [-0.3, -0.25) is 0 Å². The molecule has 14 rings (SSSR count). The van der Waals surface area contributed by atoms with Crippen molar-refractivity contribution in [3.63, 3.8) is 0 Å². The van der Waals surface area contributed by atoms with E-state index in [2.05, 4.69) is 337 Å². The van der Waals surface area contributed by atoms with Crippen molar-refractivity contribution in [2.24, 2.45) is 0 Å². The number of aromatic nitrogens is 1. The van der Waals surface area contributed by atoms with E-state index in [1.54, 1.807) is 0 Å². The second-order valence-corrected chi connectivity index (χ2v) is 20.5. The van der Waals surface area contributed by atoms with Crippen molar-refractivity contribution in [2.75, 3.05) is 4.90 Å². The normalized spacial score (nSPS) is 11.2. The van der Waals surface area contributed by atoms with Crippen LogP contribution >= 0.6 is 0 Å². The predicted molar refractivity (Wildman–Crippen MR) is 339 cm³/mol. The summed E-state index contributed by atoms with van der Waals surface area (Å²) < 4.78 is 2.40. The van der Waals surface area contributed by atoms with Gasteiger partial charge in [0.05, 0.1) is 11.0 Å². The summed E-state index contributed by atoms with van der Waals surface area (Å²) in [6.45, 7) is 0. The van der Waals surface area contributed by atoms with Crippen molar-refractivity contribution in [1.29, 1.82) is 0 Å². The van der Waals surface area contributed by atoms with E-state index in [0.717, 1.165) is 56.1 Å². The number of nitrogens with zero attached hydrogens (tertiary/aromatic N) is 2. The van der Waals surface area contributed by atoms with Crippen molar-refractivity contribution in [3.05, 3.63) is 328 Å². The van der Waals surface area contributed by atoms with Crippen LogP contribution in [-0.4, -0.2) is 4.57 Å². The Balaban J connectivity index is 0.937. The third-order valence-corrected chi connectivity index (χ3v) is 15.5. The van der Waals surface area contributed by atoms with Crippen LogP contribution in [-0.2, 0) is 0 Å². The van der Waals surface area contributed by atoms with Gasteiger partial charge in [0.15, 0.2) is 0 Å². The minimum absolute atomic E-state index is 1.05. The number of anilines is 3. The lowest BCUT2D eigenvalue weighted by Crippen LogP contribution is -2.10. The highest BCUT2D eigenvalue weighted by atomic mass is 15.1. The Labute approximate surface area is 468 Å². The molecule has 0 aliphatic carbocycles. The topological polar surface area (TPSA) is 8.17 Å². The highest BCUT2D eigenvalue weighted by Crippen LogP contribution is 2.45. The molecule has 1 aromatic heterocycles. The first kappa shape index (κ1) is 47.9. The van der Waals surface area contributed by atoms with Crippen LogP contribution in [0.1, 0.15) is 0 Å². The van der Waals surface area contributed by atoms with Crippen molar-refractivity contribution >= 4 is 38.9 Å². The summed E-state index contributed by atoms with van der Waals surface area (Å²) in [5, 5.41) is 2.47. The minimum Gasteiger partial charge on any atom is -0.310 e. The van der Waals surface area contributed by atoms with Gasteiger partial charge in [-0.15, -0.1) is 0 Å². The van der Waals surface area contributed by atoms with E-state index in [1.807, 2.05) is 0 Å². The Morgan fingerprint density at radius 3 is 0.963 bits per heavy atom. The summed E-state index contributed by atoms with van der Waals surface area (Å²) in [5.74, 6) is 0. The molecule has 0 bridgehead atoms. The van der Waals surface area contributed by atoms with E-state index < -0.39 is 0 Å². The fourth-order valence-corrected chi connectivity index (χ4v) is 11.6. The maximum Gasteiger partial charge on any atom is 0.0547 e. The van der Waals surface area contributed by atoms with Crippen molar-refractivity contribution in [2.45, 2.75) is 0 Å². The molecule has 1 heterocycles. The SMILES string of the molecule is c1ccc(-c2ccc(N(c3ccc(-c4cc(-c5ccccc5)cc(-c5cccc6c5c5ccccc5n6-c5ccccc5)c4)cc3)c3cc(-c4ccccc4)cc(-c4cc(-c5ccccc5)cc(-c5ccccc5)c4)c3)cc2)cc1. The van der Waals surface area contributed by atoms with Crippen LogP contribution in [0, 0.1) is 0 Å². The minimum atomic E-state index is 1.05. The molecule has 0 spiro atoms. The van der Waals surface area contributed by atoms with Gasteiger partial charge in [0.1, 0.15) is 0 Å². The van der Waals surface area contributed by atoms with E-state index >= 15 is 0 Å². The molecule has 80 heavy (non-hydrogen) atoms. The number of para-hydroxylation sites is 2. The number of rotatable bonds is 12. The summed E-state index contributed by atoms with van der Waals surface area (Å²) in [5.41, 5.74) is 25.3. The Morgan fingerprint density at radius 1 is 0.200 bits per heavy atom. The molecule has 0 saturated heterocycles. The highest BCUT2D eigenvalue weighted by Gasteiger charge is 2.20. The molecule has 0 atom stereocenters.